The molecule has 0 bridgehead atoms. The van der Waals surface area contributed by atoms with E-state index in [4.69, 9.17) is 0 Å². The SMILES string of the molecule is Cc1ccc(CNc2cccc(Br)c2C)s1. The van der Waals surface area contributed by atoms with Crippen molar-refractivity contribution in [2.24, 2.45) is 0 Å². The Morgan fingerprint density at radius 1 is 1.19 bits per heavy atom. The molecule has 0 radical (unpaired) electrons. The van der Waals surface area contributed by atoms with Gasteiger partial charge in [0.25, 0.3) is 0 Å². The second-order valence-electron chi connectivity index (χ2n) is 3.78. The van der Waals surface area contributed by atoms with Gasteiger partial charge in [0.1, 0.15) is 0 Å². The van der Waals surface area contributed by atoms with Crippen LogP contribution in [-0.4, -0.2) is 0 Å². The molecule has 0 saturated heterocycles. The number of thiophene rings is 1. The Morgan fingerprint density at radius 2 is 2.00 bits per heavy atom. The van der Waals surface area contributed by atoms with Crippen LogP contribution in [0.15, 0.2) is 34.8 Å². The lowest BCUT2D eigenvalue weighted by Gasteiger charge is -2.09. The molecule has 3 heteroatoms. The Morgan fingerprint density at radius 3 is 2.69 bits per heavy atom. The molecular formula is C13H14BrNS. The fourth-order valence-electron chi connectivity index (χ4n) is 1.56. The molecule has 1 nitrogen and oxygen atoms in total. The van der Waals surface area contributed by atoms with E-state index in [1.54, 1.807) is 0 Å². The first-order valence-electron chi connectivity index (χ1n) is 5.21. The summed E-state index contributed by atoms with van der Waals surface area (Å²) < 4.78 is 1.15. The second kappa shape index (κ2) is 5.02. The summed E-state index contributed by atoms with van der Waals surface area (Å²) in [6, 6.07) is 10.6. The summed E-state index contributed by atoms with van der Waals surface area (Å²) in [5, 5.41) is 3.46. The maximum atomic E-state index is 3.54. The lowest BCUT2D eigenvalue weighted by atomic mass is 10.2. The van der Waals surface area contributed by atoms with Gasteiger partial charge in [-0.25, -0.2) is 0 Å². The standard InChI is InChI=1S/C13H14BrNS/c1-9-6-7-11(16-9)8-15-13-5-3-4-12(14)10(13)2/h3-7,15H,8H2,1-2H3. The summed E-state index contributed by atoms with van der Waals surface area (Å²) in [5.74, 6) is 0. The van der Waals surface area contributed by atoms with Gasteiger partial charge in [0.05, 0.1) is 0 Å². The number of hydrogen-bond acceptors (Lipinski definition) is 2. The largest absolute Gasteiger partial charge is 0.380 e. The van der Waals surface area contributed by atoms with Gasteiger partial charge in [-0.1, -0.05) is 22.0 Å². The predicted molar refractivity (Wildman–Crippen MR) is 75.3 cm³/mol. The van der Waals surface area contributed by atoms with E-state index >= 15 is 0 Å². The van der Waals surface area contributed by atoms with Gasteiger partial charge in [-0.05, 0) is 43.7 Å². The Kier molecular flexibility index (Phi) is 3.66. The minimum atomic E-state index is 0.899. The molecule has 1 aromatic heterocycles. The Bertz CT molecular complexity index is 490. The van der Waals surface area contributed by atoms with Crippen LogP contribution >= 0.6 is 27.3 Å². The summed E-state index contributed by atoms with van der Waals surface area (Å²) in [7, 11) is 0. The number of aryl methyl sites for hydroxylation is 1. The van der Waals surface area contributed by atoms with Crippen molar-refractivity contribution in [3.63, 3.8) is 0 Å². The first-order chi connectivity index (χ1) is 7.66. The molecule has 16 heavy (non-hydrogen) atoms. The first kappa shape index (κ1) is 11.7. The molecule has 0 fully saturated rings. The van der Waals surface area contributed by atoms with Crippen molar-refractivity contribution >= 4 is 33.0 Å². The topological polar surface area (TPSA) is 12.0 Å². The number of hydrogen-bond donors (Lipinski definition) is 1. The van der Waals surface area contributed by atoms with Gasteiger partial charge in [-0.3, -0.25) is 0 Å². The van der Waals surface area contributed by atoms with E-state index in [-0.39, 0.29) is 0 Å². The van der Waals surface area contributed by atoms with Gasteiger partial charge < -0.3 is 5.32 Å². The van der Waals surface area contributed by atoms with Crippen molar-refractivity contribution in [3.8, 4) is 0 Å². The van der Waals surface area contributed by atoms with Crippen LogP contribution in [0.4, 0.5) is 5.69 Å². The molecule has 0 aliphatic carbocycles. The minimum Gasteiger partial charge on any atom is -0.380 e. The minimum absolute atomic E-state index is 0.899. The molecule has 1 aromatic carbocycles. The van der Waals surface area contributed by atoms with Crippen LogP contribution < -0.4 is 5.32 Å². The average molecular weight is 296 g/mol. The first-order valence-corrected chi connectivity index (χ1v) is 6.82. The smallest absolute Gasteiger partial charge is 0.0494 e. The quantitative estimate of drug-likeness (QED) is 0.862. The van der Waals surface area contributed by atoms with E-state index in [9.17, 15) is 0 Å². The molecular weight excluding hydrogens is 282 g/mol. The van der Waals surface area contributed by atoms with Crippen molar-refractivity contribution in [2.45, 2.75) is 20.4 Å². The van der Waals surface area contributed by atoms with Crippen LogP contribution in [0.2, 0.25) is 0 Å². The van der Waals surface area contributed by atoms with Crippen LogP contribution in [0.1, 0.15) is 15.3 Å². The van der Waals surface area contributed by atoms with Crippen molar-refractivity contribution in [2.75, 3.05) is 5.32 Å². The summed E-state index contributed by atoms with van der Waals surface area (Å²) in [6.07, 6.45) is 0. The van der Waals surface area contributed by atoms with E-state index in [1.165, 1.54) is 21.0 Å². The summed E-state index contributed by atoms with van der Waals surface area (Å²) in [5.41, 5.74) is 2.45. The highest BCUT2D eigenvalue weighted by atomic mass is 79.9. The lowest BCUT2D eigenvalue weighted by Crippen LogP contribution is -1.99. The zero-order valence-corrected chi connectivity index (χ0v) is 11.8. The molecule has 1 heterocycles. The average Bonchev–Trinajstić information content (AvgIpc) is 2.67. The number of nitrogens with one attached hydrogen (secondary N) is 1. The Balaban J connectivity index is 2.07. The molecule has 0 atom stereocenters. The highest BCUT2D eigenvalue weighted by Crippen LogP contribution is 2.24. The Labute approximate surface area is 109 Å². The number of anilines is 1. The number of rotatable bonds is 3. The maximum absolute atomic E-state index is 3.54. The van der Waals surface area contributed by atoms with Crippen LogP contribution in [0, 0.1) is 13.8 Å². The third-order valence-corrected chi connectivity index (χ3v) is 4.38. The van der Waals surface area contributed by atoms with Crippen LogP contribution in [0.5, 0.6) is 0 Å². The highest BCUT2D eigenvalue weighted by Gasteiger charge is 2.02. The van der Waals surface area contributed by atoms with Gasteiger partial charge in [0.15, 0.2) is 0 Å². The van der Waals surface area contributed by atoms with Gasteiger partial charge in [-0.15, -0.1) is 11.3 Å². The number of benzene rings is 1. The lowest BCUT2D eigenvalue weighted by molar-refractivity contribution is 1.18. The third-order valence-electron chi connectivity index (χ3n) is 2.52. The summed E-state index contributed by atoms with van der Waals surface area (Å²) in [6.45, 7) is 5.15. The second-order valence-corrected chi connectivity index (χ2v) is 6.01. The fourth-order valence-corrected chi connectivity index (χ4v) is 2.76. The molecule has 0 amide bonds. The Hall–Kier alpha value is -0.800. The van der Waals surface area contributed by atoms with Crippen LogP contribution in [0.25, 0.3) is 0 Å². The van der Waals surface area contributed by atoms with Gasteiger partial charge in [0.2, 0.25) is 0 Å². The molecule has 0 saturated carbocycles. The molecule has 2 aromatic rings. The van der Waals surface area contributed by atoms with Crippen molar-refractivity contribution in [1.82, 2.24) is 0 Å². The predicted octanol–water partition coefficient (Wildman–Crippen LogP) is 4.74. The van der Waals surface area contributed by atoms with E-state index in [0.717, 1.165) is 11.0 Å². The van der Waals surface area contributed by atoms with Crippen molar-refractivity contribution < 1.29 is 0 Å². The maximum Gasteiger partial charge on any atom is 0.0494 e. The number of halogens is 1. The summed E-state index contributed by atoms with van der Waals surface area (Å²) in [4.78, 5) is 2.74. The van der Waals surface area contributed by atoms with E-state index in [0.29, 0.717) is 0 Å². The summed E-state index contributed by atoms with van der Waals surface area (Å²) >= 11 is 5.38. The highest BCUT2D eigenvalue weighted by molar-refractivity contribution is 9.10. The van der Waals surface area contributed by atoms with E-state index in [2.05, 4.69) is 65.4 Å². The molecule has 0 unspecified atom stereocenters. The van der Waals surface area contributed by atoms with Crippen molar-refractivity contribution in [3.05, 3.63) is 50.1 Å². The third kappa shape index (κ3) is 2.66. The molecule has 84 valence electrons. The van der Waals surface area contributed by atoms with E-state index < -0.39 is 0 Å². The van der Waals surface area contributed by atoms with Crippen LogP contribution in [-0.2, 0) is 6.54 Å². The molecule has 0 aliphatic rings. The van der Waals surface area contributed by atoms with Crippen molar-refractivity contribution in [1.29, 1.82) is 0 Å². The van der Waals surface area contributed by atoms with Crippen LogP contribution in [0.3, 0.4) is 0 Å². The van der Waals surface area contributed by atoms with E-state index in [1.807, 2.05) is 11.3 Å². The molecule has 1 N–H and O–H groups in total. The molecule has 2 rings (SSSR count). The zero-order valence-electron chi connectivity index (χ0n) is 9.38. The van der Waals surface area contributed by atoms with Gasteiger partial charge in [-0.2, -0.15) is 0 Å². The van der Waals surface area contributed by atoms with Gasteiger partial charge in [0, 0.05) is 26.5 Å². The zero-order chi connectivity index (χ0) is 11.5. The fraction of sp³-hybridized carbons (Fsp3) is 0.231. The normalized spacial score (nSPS) is 10.4. The monoisotopic (exact) mass is 295 g/mol. The molecule has 0 aliphatic heterocycles. The molecule has 0 spiro atoms. The van der Waals surface area contributed by atoms with Gasteiger partial charge >= 0.3 is 0 Å².